The van der Waals surface area contributed by atoms with E-state index < -0.39 is 0 Å². The zero-order chi connectivity index (χ0) is 14.8. The summed E-state index contributed by atoms with van der Waals surface area (Å²) in [5.41, 5.74) is 1.08. The molecule has 0 aliphatic carbocycles. The van der Waals surface area contributed by atoms with E-state index in [1.54, 1.807) is 0 Å². The number of aliphatic hydroxyl groups is 1. The Kier molecular flexibility index (Phi) is 8.41. The van der Waals surface area contributed by atoms with Crippen LogP contribution in [0.4, 0.5) is 0 Å². The van der Waals surface area contributed by atoms with Gasteiger partial charge in [-0.2, -0.15) is 5.26 Å². The van der Waals surface area contributed by atoms with Crippen molar-refractivity contribution >= 4 is 11.8 Å². The van der Waals surface area contributed by atoms with Crippen LogP contribution in [0.15, 0.2) is 29.2 Å². The van der Waals surface area contributed by atoms with Crippen LogP contribution < -0.4 is 0 Å². The lowest BCUT2D eigenvalue weighted by Crippen LogP contribution is -2.06. The Balaban J connectivity index is 2.24. The summed E-state index contributed by atoms with van der Waals surface area (Å²) in [4.78, 5) is 1.24. The van der Waals surface area contributed by atoms with Crippen molar-refractivity contribution in [2.75, 3.05) is 5.75 Å². The average Bonchev–Trinajstić information content (AvgIpc) is 2.49. The van der Waals surface area contributed by atoms with Crippen molar-refractivity contribution in [3.63, 3.8) is 0 Å². The monoisotopic (exact) mass is 291 g/mol. The van der Waals surface area contributed by atoms with Crippen LogP contribution in [0.3, 0.4) is 0 Å². The number of hydrogen-bond acceptors (Lipinski definition) is 3. The van der Waals surface area contributed by atoms with Crippen LogP contribution in [-0.4, -0.2) is 17.0 Å². The van der Waals surface area contributed by atoms with E-state index in [-0.39, 0.29) is 12.0 Å². The number of benzene rings is 1. The SMILES string of the molecule is CCCC[C@@H](O)CCCSc1ccc(C(C)C#N)cc1. The molecule has 1 rings (SSSR count). The first-order chi connectivity index (χ1) is 9.67. The molecule has 0 amide bonds. The van der Waals surface area contributed by atoms with Gasteiger partial charge >= 0.3 is 0 Å². The Morgan fingerprint density at radius 3 is 2.45 bits per heavy atom. The summed E-state index contributed by atoms with van der Waals surface area (Å²) in [6, 6.07) is 10.5. The topological polar surface area (TPSA) is 44.0 Å². The van der Waals surface area contributed by atoms with Crippen LogP contribution in [-0.2, 0) is 0 Å². The fourth-order valence-electron chi connectivity index (χ4n) is 2.02. The molecule has 2 nitrogen and oxygen atoms in total. The van der Waals surface area contributed by atoms with Crippen LogP contribution in [0.25, 0.3) is 0 Å². The van der Waals surface area contributed by atoms with Gasteiger partial charge in [0, 0.05) is 4.90 Å². The molecule has 0 radical (unpaired) electrons. The molecule has 1 unspecified atom stereocenters. The fraction of sp³-hybridized carbons (Fsp3) is 0.588. The quantitative estimate of drug-likeness (QED) is 0.528. The molecule has 0 heterocycles. The minimum absolute atomic E-state index is 0.0391. The molecule has 0 saturated heterocycles. The summed E-state index contributed by atoms with van der Waals surface area (Å²) < 4.78 is 0. The summed E-state index contributed by atoms with van der Waals surface area (Å²) in [7, 11) is 0. The third-order valence-corrected chi connectivity index (χ3v) is 4.51. The Labute approximate surface area is 127 Å². The van der Waals surface area contributed by atoms with Crippen molar-refractivity contribution in [2.45, 2.75) is 62.9 Å². The lowest BCUT2D eigenvalue weighted by atomic mass is 10.0. The predicted octanol–water partition coefficient (Wildman–Crippen LogP) is 4.74. The van der Waals surface area contributed by atoms with E-state index in [9.17, 15) is 5.11 Å². The standard InChI is InChI=1S/C17H25NOS/c1-3-4-6-16(19)7-5-12-20-17-10-8-15(9-11-17)14(2)13-18/h8-11,14,16,19H,3-7,12H2,1-2H3/t14?,16-/m1/s1. The third-order valence-electron chi connectivity index (χ3n) is 3.42. The van der Waals surface area contributed by atoms with Gasteiger partial charge in [-0.25, -0.2) is 0 Å². The number of nitrogens with zero attached hydrogens (tertiary/aromatic N) is 1. The molecule has 0 spiro atoms. The maximum Gasteiger partial charge on any atom is 0.0700 e. The molecule has 0 saturated carbocycles. The maximum absolute atomic E-state index is 9.76. The fourth-order valence-corrected chi connectivity index (χ4v) is 2.90. The lowest BCUT2D eigenvalue weighted by Gasteiger charge is -2.09. The van der Waals surface area contributed by atoms with Crippen LogP contribution in [0, 0.1) is 11.3 Å². The zero-order valence-corrected chi connectivity index (χ0v) is 13.3. The summed E-state index contributed by atoms with van der Waals surface area (Å²) in [6.07, 6.45) is 5.02. The largest absolute Gasteiger partial charge is 0.393 e. The van der Waals surface area contributed by atoms with E-state index in [0.29, 0.717) is 0 Å². The summed E-state index contributed by atoms with van der Waals surface area (Å²) >= 11 is 1.82. The zero-order valence-electron chi connectivity index (χ0n) is 12.5. The third kappa shape index (κ3) is 6.45. The van der Waals surface area contributed by atoms with Crippen molar-refractivity contribution in [3.8, 4) is 6.07 Å². The molecule has 0 fully saturated rings. The molecule has 0 aromatic heterocycles. The molecule has 110 valence electrons. The smallest absolute Gasteiger partial charge is 0.0700 e. The molecule has 0 aliphatic heterocycles. The van der Waals surface area contributed by atoms with E-state index in [0.717, 1.165) is 43.4 Å². The van der Waals surface area contributed by atoms with E-state index >= 15 is 0 Å². The number of hydrogen-bond donors (Lipinski definition) is 1. The molecule has 1 aromatic carbocycles. The highest BCUT2D eigenvalue weighted by molar-refractivity contribution is 7.99. The molecular formula is C17H25NOS. The Morgan fingerprint density at radius 1 is 1.20 bits per heavy atom. The molecular weight excluding hydrogens is 266 g/mol. The molecule has 0 aliphatic rings. The average molecular weight is 291 g/mol. The molecule has 0 bridgehead atoms. The molecule has 20 heavy (non-hydrogen) atoms. The second-order valence-corrected chi connectivity index (χ2v) is 6.37. The maximum atomic E-state index is 9.76. The number of unbranched alkanes of at least 4 members (excludes halogenated alkanes) is 1. The van der Waals surface area contributed by atoms with E-state index in [1.807, 2.05) is 30.8 Å². The number of rotatable bonds is 9. The number of aliphatic hydroxyl groups excluding tert-OH is 1. The van der Waals surface area contributed by atoms with Crippen LogP contribution >= 0.6 is 11.8 Å². The van der Waals surface area contributed by atoms with Crippen LogP contribution in [0.2, 0.25) is 0 Å². The second-order valence-electron chi connectivity index (χ2n) is 5.21. The van der Waals surface area contributed by atoms with Crippen LogP contribution in [0.1, 0.15) is 57.4 Å². The van der Waals surface area contributed by atoms with Gasteiger partial charge in [-0.1, -0.05) is 31.9 Å². The van der Waals surface area contributed by atoms with Gasteiger partial charge in [0.1, 0.15) is 0 Å². The first-order valence-electron chi connectivity index (χ1n) is 7.47. The van der Waals surface area contributed by atoms with Crippen LogP contribution in [0.5, 0.6) is 0 Å². The highest BCUT2D eigenvalue weighted by Gasteiger charge is 2.05. The van der Waals surface area contributed by atoms with Gasteiger partial charge in [0.15, 0.2) is 0 Å². The van der Waals surface area contributed by atoms with Gasteiger partial charge < -0.3 is 5.11 Å². The van der Waals surface area contributed by atoms with E-state index in [2.05, 4.69) is 25.1 Å². The summed E-state index contributed by atoms with van der Waals surface area (Å²) in [6.45, 7) is 4.07. The molecule has 1 aromatic rings. The lowest BCUT2D eigenvalue weighted by molar-refractivity contribution is 0.151. The Bertz CT molecular complexity index is 410. The Hall–Kier alpha value is -0.980. The number of nitriles is 1. The highest BCUT2D eigenvalue weighted by Crippen LogP contribution is 2.23. The van der Waals surface area contributed by atoms with Gasteiger partial charge in [0.2, 0.25) is 0 Å². The molecule has 1 N–H and O–H groups in total. The molecule has 2 atom stereocenters. The van der Waals surface area contributed by atoms with E-state index in [4.69, 9.17) is 5.26 Å². The van der Waals surface area contributed by atoms with Crippen molar-refractivity contribution in [1.82, 2.24) is 0 Å². The molecule has 3 heteroatoms. The second kappa shape index (κ2) is 9.85. The number of thioether (sulfide) groups is 1. The Morgan fingerprint density at radius 2 is 1.85 bits per heavy atom. The van der Waals surface area contributed by atoms with Gasteiger partial charge in [-0.15, -0.1) is 11.8 Å². The first-order valence-corrected chi connectivity index (χ1v) is 8.46. The van der Waals surface area contributed by atoms with Crippen molar-refractivity contribution < 1.29 is 5.11 Å². The predicted molar refractivity (Wildman–Crippen MR) is 86.0 cm³/mol. The van der Waals surface area contributed by atoms with Gasteiger partial charge in [0.05, 0.1) is 18.1 Å². The van der Waals surface area contributed by atoms with E-state index in [1.165, 1.54) is 4.90 Å². The van der Waals surface area contributed by atoms with Gasteiger partial charge in [-0.3, -0.25) is 0 Å². The minimum Gasteiger partial charge on any atom is -0.393 e. The normalized spacial score (nSPS) is 13.7. The highest BCUT2D eigenvalue weighted by atomic mass is 32.2. The van der Waals surface area contributed by atoms with Crippen molar-refractivity contribution in [3.05, 3.63) is 29.8 Å². The van der Waals surface area contributed by atoms with Crippen molar-refractivity contribution in [1.29, 1.82) is 5.26 Å². The van der Waals surface area contributed by atoms with Gasteiger partial charge in [0.25, 0.3) is 0 Å². The van der Waals surface area contributed by atoms with Crippen molar-refractivity contribution in [2.24, 2.45) is 0 Å². The summed E-state index contributed by atoms with van der Waals surface area (Å²) in [5, 5.41) is 18.6. The van der Waals surface area contributed by atoms with Gasteiger partial charge in [-0.05, 0) is 49.6 Å². The first kappa shape index (κ1) is 17.1. The summed E-state index contributed by atoms with van der Waals surface area (Å²) in [5.74, 6) is 0.999. The minimum atomic E-state index is -0.130.